The van der Waals surface area contributed by atoms with Gasteiger partial charge in [-0.25, -0.2) is 0 Å². The van der Waals surface area contributed by atoms with Crippen LogP contribution in [0.3, 0.4) is 0 Å². The van der Waals surface area contributed by atoms with Gasteiger partial charge in [0.25, 0.3) is 0 Å². The zero-order valence-corrected chi connectivity index (χ0v) is 8.82. The number of H-pyrrole nitrogens is 1. The minimum atomic E-state index is 0. The minimum Gasteiger partial charge on any atom is -0.399 e. The fourth-order valence-electron chi connectivity index (χ4n) is 1.54. The number of benzene rings is 1. The van der Waals surface area contributed by atoms with Gasteiger partial charge in [-0.1, -0.05) is 6.07 Å². The molecule has 1 heterocycles. The van der Waals surface area contributed by atoms with Crippen molar-refractivity contribution in [2.75, 3.05) is 12.8 Å². The average Bonchev–Trinajstić information content (AvgIpc) is 2.49. The van der Waals surface area contributed by atoms with Crippen molar-refractivity contribution in [2.24, 2.45) is 0 Å². The standard InChI is InChI=1S/C10H13N3.ClH/c1-12-5-7-6-13-10-4-8(11)2-3-9(7)10;/h2-4,6,12-13H,5,11H2,1H3;1H. The van der Waals surface area contributed by atoms with Crippen LogP contribution in [-0.2, 0) is 6.54 Å². The van der Waals surface area contributed by atoms with E-state index in [1.54, 1.807) is 0 Å². The summed E-state index contributed by atoms with van der Waals surface area (Å²) in [5, 5.41) is 4.37. The molecular formula is C10H14ClN3. The second kappa shape index (κ2) is 4.35. The van der Waals surface area contributed by atoms with E-state index >= 15 is 0 Å². The van der Waals surface area contributed by atoms with Crippen molar-refractivity contribution in [3.63, 3.8) is 0 Å². The molecule has 14 heavy (non-hydrogen) atoms. The molecule has 0 aliphatic rings. The highest BCUT2D eigenvalue weighted by atomic mass is 35.5. The van der Waals surface area contributed by atoms with Gasteiger partial charge in [0, 0.05) is 29.3 Å². The summed E-state index contributed by atoms with van der Waals surface area (Å²) >= 11 is 0. The number of halogens is 1. The molecule has 0 bridgehead atoms. The Hall–Kier alpha value is -1.19. The van der Waals surface area contributed by atoms with Crippen LogP contribution in [-0.4, -0.2) is 12.0 Å². The molecule has 0 fully saturated rings. The van der Waals surface area contributed by atoms with Crippen LogP contribution in [0.15, 0.2) is 24.4 Å². The second-order valence-electron chi connectivity index (χ2n) is 3.15. The van der Waals surface area contributed by atoms with Gasteiger partial charge < -0.3 is 16.0 Å². The second-order valence-corrected chi connectivity index (χ2v) is 3.15. The lowest BCUT2D eigenvalue weighted by Crippen LogP contribution is -2.03. The van der Waals surface area contributed by atoms with Gasteiger partial charge >= 0.3 is 0 Å². The van der Waals surface area contributed by atoms with Gasteiger partial charge in [0.05, 0.1) is 0 Å². The smallest absolute Gasteiger partial charge is 0.0477 e. The molecule has 2 rings (SSSR count). The third-order valence-electron chi connectivity index (χ3n) is 2.16. The molecule has 0 amide bonds. The van der Waals surface area contributed by atoms with Crippen LogP contribution >= 0.6 is 12.4 Å². The van der Waals surface area contributed by atoms with Crippen molar-refractivity contribution in [1.82, 2.24) is 10.3 Å². The topological polar surface area (TPSA) is 53.8 Å². The van der Waals surface area contributed by atoms with Crippen LogP contribution in [0, 0.1) is 0 Å². The van der Waals surface area contributed by atoms with Gasteiger partial charge in [-0.05, 0) is 24.7 Å². The molecule has 0 unspecified atom stereocenters. The number of nitrogen functional groups attached to an aromatic ring is 1. The third-order valence-corrected chi connectivity index (χ3v) is 2.16. The van der Waals surface area contributed by atoms with Gasteiger partial charge in [-0.15, -0.1) is 12.4 Å². The van der Waals surface area contributed by atoms with Gasteiger partial charge in [0.2, 0.25) is 0 Å². The Bertz CT molecular complexity index is 422. The van der Waals surface area contributed by atoms with Crippen LogP contribution in [0.1, 0.15) is 5.56 Å². The number of hydrogen-bond donors (Lipinski definition) is 3. The fourth-order valence-corrected chi connectivity index (χ4v) is 1.54. The monoisotopic (exact) mass is 211 g/mol. The van der Waals surface area contributed by atoms with Crippen molar-refractivity contribution in [3.8, 4) is 0 Å². The summed E-state index contributed by atoms with van der Waals surface area (Å²) in [6.45, 7) is 0.879. The molecule has 0 spiro atoms. The van der Waals surface area contributed by atoms with Crippen molar-refractivity contribution in [1.29, 1.82) is 0 Å². The van der Waals surface area contributed by atoms with Gasteiger partial charge in [-0.3, -0.25) is 0 Å². The van der Waals surface area contributed by atoms with Crippen molar-refractivity contribution < 1.29 is 0 Å². The minimum absolute atomic E-state index is 0. The summed E-state index contributed by atoms with van der Waals surface area (Å²) in [5.74, 6) is 0. The molecule has 0 atom stereocenters. The van der Waals surface area contributed by atoms with E-state index in [1.165, 1.54) is 10.9 Å². The van der Waals surface area contributed by atoms with Crippen LogP contribution in [0.5, 0.6) is 0 Å². The molecule has 2 aromatic rings. The van der Waals surface area contributed by atoms with Crippen molar-refractivity contribution in [2.45, 2.75) is 6.54 Å². The number of nitrogens with one attached hydrogen (secondary N) is 2. The van der Waals surface area contributed by atoms with Crippen LogP contribution in [0.4, 0.5) is 5.69 Å². The molecule has 3 nitrogen and oxygen atoms in total. The quantitative estimate of drug-likeness (QED) is 0.665. The Labute approximate surface area is 89.1 Å². The zero-order chi connectivity index (χ0) is 9.26. The maximum absolute atomic E-state index is 5.67. The maximum atomic E-state index is 5.67. The number of anilines is 1. The van der Waals surface area contributed by atoms with Gasteiger partial charge in [-0.2, -0.15) is 0 Å². The van der Waals surface area contributed by atoms with E-state index in [9.17, 15) is 0 Å². The first kappa shape index (κ1) is 10.9. The number of rotatable bonds is 2. The first-order chi connectivity index (χ1) is 6.31. The van der Waals surface area contributed by atoms with E-state index in [4.69, 9.17) is 5.73 Å². The summed E-state index contributed by atoms with van der Waals surface area (Å²) in [7, 11) is 1.94. The number of nitrogens with two attached hydrogens (primary N) is 1. The molecule has 4 heteroatoms. The Morgan fingerprint density at radius 2 is 2.21 bits per heavy atom. The molecule has 0 saturated heterocycles. The van der Waals surface area contributed by atoms with Crippen molar-refractivity contribution in [3.05, 3.63) is 30.0 Å². The Morgan fingerprint density at radius 1 is 1.43 bits per heavy atom. The summed E-state index contributed by atoms with van der Waals surface area (Å²) in [5.41, 5.74) is 8.85. The first-order valence-corrected chi connectivity index (χ1v) is 4.31. The van der Waals surface area contributed by atoms with E-state index < -0.39 is 0 Å². The molecule has 0 saturated carbocycles. The maximum Gasteiger partial charge on any atom is 0.0477 e. The Morgan fingerprint density at radius 3 is 2.93 bits per heavy atom. The molecular weight excluding hydrogens is 198 g/mol. The van der Waals surface area contributed by atoms with Crippen LogP contribution in [0.25, 0.3) is 10.9 Å². The average molecular weight is 212 g/mol. The fraction of sp³-hybridized carbons (Fsp3) is 0.200. The Kier molecular flexibility index (Phi) is 3.38. The van der Waals surface area contributed by atoms with Gasteiger partial charge in [0.1, 0.15) is 0 Å². The molecule has 4 N–H and O–H groups in total. The highest BCUT2D eigenvalue weighted by Crippen LogP contribution is 2.20. The largest absolute Gasteiger partial charge is 0.399 e. The summed E-state index contributed by atoms with van der Waals surface area (Å²) in [6, 6.07) is 5.93. The predicted octanol–water partition coefficient (Wildman–Crippen LogP) is 1.89. The van der Waals surface area contributed by atoms with Crippen LogP contribution in [0.2, 0.25) is 0 Å². The normalized spacial score (nSPS) is 10.1. The molecule has 0 radical (unpaired) electrons. The number of fused-ring (bicyclic) bond motifs is 1. The molecule has 1 aromatic carbocycles. The van der Waals surface area contributed by atoms with Crippen LogP contribution < -0.4 is 11.1 Å². The number of aromatic nitrogens is 1. The van der Waals surface area contributed by atoms with Crippen molar-refractivity contribution >= 4 is 29.0 Å². The number of hydrogen-bond acceptors (Lipinski definition) is 2. The molecule has 0 aliphatic carbocycles. The highest BCUT2D eigenvalue weighted by Gasteiger charge is 2.01. The van der Waals surface area contributed by atoms with E-state index in [-0.39, 0.29) is 12.4 Å². The predicted molar refractivity (Wildman–Crippen MR) is 62.7 cm³/mol. The molecule has 0 aliphatic heterocycles. The SMILES string of the molecule is CNCc1c[nH]c2cc(N)ccc12.Cl. The van der Waals surface area contributed by atoms with Gasteiger partial charge in [0.15, 0.2) is 0 Å². The number of aromatic amines is 1. The summed E-state index contributed by atoms with van der Waals surface area (Å²) < 4.78 is 0. The lowest BCUT2D eigenvalue weighted by atomic mass is 10.1. The lowest BCUT2D eigenvalue weighted by molar-refractivity contribution is 0.823. The summed E-state index contributed by atoms with van der Waals surface area (Å²) in [4.78, 5) is 3.19. The molecule has 76 valence electrons. The third kappa shape index (κ3) is 1.84. The van der Waals surface area contributed by atoms with E-state index in [0.717, 1.165) is 17.7 Å². The van der Waals surface area contributed by atoms with E-state index in [0.29, 0.717) is 0 Å². The molecule has 1 aromatic heterocycles. The Balaban J connectivity index is 0.000000980. The zero-order valence-electron chi connectivity index (χ0n) is 8.00. The van der Waals surface area contributed by atoms with E-state index in [2.05, 4.69) is 10.3 Å². The lowest BCUT2D eigenvalue weighted by Gasteiger charge is -1.97. The first-order valence-electron chi connectivity index (χ1n) is 4.31. The summed E-state index contributed by atoms with van der Waals surface area (Å²) in [6.07, 6.45) is 2.01. The van der Waals surface area contributed by atoms with E-state index in [1.807, 2.05) is 31.4 Å². The highest BCUT2D eigenvalue weighted by molar-refractivity contribution is 5.86.